The maximum absolute atomic E-state index is 5.74. The Hall–Kier alpha value is -0.920. The Balaban J connectivity index is 2.39. The summed E-state index contributed by atoms with van der Waals surface area (Å²) in [5.74, 6) is 5.74. The number of hydrogen-bond acceptors (Lipinski definition) is 3. The largest absolute Gasteiger partial charge is 0.271 e. The predicted molar refractivity (Wildman–Crippen MR) is 80.8 cm³/mol. The van der Waals surface area contributed by atoms with E-state index in [0.29, 0.717) is 0 Å². The number of aromatic nitrogens is 2. The minimum atomic E-state index is -0.0212. The van der Waals surface area contributed by atoms with Crippen LogP contribution in [0.4, 0.5) is 0 Å². The lowest BCUT2D eigenvalue weighted by Gasteiger charge is -2.19. The van der Waals surface area contributed by atoms with Crippen molar-refractivity contribution in [1.29, 1.82) is 0 Å². The monoisotopic (exact) mass is 356 g/mol. The second-order valence-electron chi connectivity index (χ2n) is 4.10. The zero-order valence-electron chi connectivity index (χ0n) is 10.3. The van der Waals surface area contributed by atoms with Gasteiger partial charge < -0.3 is 0 Å². The van der Waals surface area contributed by atoms with Crippen LogP contribution in [0.25, 0.3) is 0 Å². The van der Waals surface area contributed by atoms with Crippen molar-refractivity contribution in [3.8, 4) is 0 Å². The molecule has 0 aliphatic carbocycles. The number of nitrogens with zero attached hydrogens (tertiary/aromatic N) is 2. The molecule has 1 unspecified atom stereocenters. The fraction of sp³-hybridized carbons (Fsp3) is 0.308. The zero-order valence-corrected chi connectivity index (χ0v) is 12.5. The number of nitrogens with two attached hydrogens (primary N) is 1. The molecular weight excluding hydrogens is 339 g/mol. The van der Waals surface area contributed by atoms with E-state index in [1.807, 2.05) is 29.1 Å². The van der Waals surface area contributed by atoms with E-state index in [1.165, 1.54) is 9.13 Å². The van der Waals surface area contributed by atoms with E-state index in [9.17, 15) is 0 Å². The molecule has 0 saturated heterocycles. The third-order valence-corrected chi connectivity index (χ3v) is 3.85. The van der Waals surface area contributed by atoms with Gasteiger partial charge in [-0.05, 0) is 46.7 Å². The van der Waals surface area contributed by atoms with Gasteiger partial charge in [0.15, 0.2) is 0 Å². The first-order chi connectivity index (χ1) is 8.77. The molecule has 4 nitrogen and oxygen atoms in total. The molecule has 1 heterocycles. The number of benzene rings is 1. The quantitative estimate of drug-likeness (QED) is 0.492. The Kier molecular flexibility index (Phi) is 4.73. The van der Waals surface area contributed by atoms with Crippen LogP contribution < -0.4 is 11.3 Å². The van der Waals surface area contributed by atoms with Crippen LogP contribution in [0.2, 0.25) is 0 Å². The average Bonchev–Trinajstić information content (AvgIpc) is 2.82. The molecule has 18 heavy (non-hydrogen) atoms. The van der Waals surface area contributed by atoms with Crippen LogP contribution in [0.3, 0.4) is 0 Å². The molecule has 96 valence electrons. The maximum Gasteiger partial charge on any atom is 0.0888 e. The summed E-state index contributed by atoms with van der Waals surface area (Å²) in [7, 11) is 0. The summed E-state index contributed by atoms with van der Waals surface area (Å²) in [5.41, 5.74) is 5.17. The predicted octanol–water partition coefficient (Wildman–Crippen LogP) is 2.45. The van der Waals surface area contributed by atoms with Gasteiger partial charge in [0.2, 0.25) is 0 Å². The van der Waals surface area contributed by atoms with Crippen molar-refractivity contribution < 1.29 is 0 Å². The van der Waals surface area contributed by atoms with E-state index < -0.39 is 0 Å². The second kappa shape index (κ2) is 6.31. The topological polar surface area (TPSA) is 55.9 Å². The Morgan fingerprint density at radius 2 is 2.17 bits per heavy atom. The molecule has 1 atom stereocenters. The van der Waals surface area contributed by atoms with E-state index in [2.05, 4.69) is 52.2 Å². The molecule has 0 radical (unpaired) electrons. The summed E-state index contributed by atoms with van der Waals surface area (Å²) in [6.07, 6.45) is 2.88. The van der Waals surface area contributed by atoms with Crippen LogP contribution in [0.5, 0.6) is 0 Å². The Labute approximate surface area is 121 Å². The van der Waals surface area contributed by atoms with Crippen molar-refractivity contribution in [3.63, 3.8) is 0 Å². The summed E-state index contributed by atoms with van der Waals surface area (Å²) in [4.78, 5) is 0. The van der Waals surface area contributed by atoms with Gasteiger partial charge in [-0.15, -0.1) is 0 Å². The van der Waals surface area contributed by atoms with Gasteiger partial charge >= 0.3 is 0 Å². The van der Waals surface area contributed by atoms with Crippen LogP contribution in [-0.4, -0.2) is 9.78 Å². The van der Waals surface area contributed by atoms with Gasteiger partial charge in [-0.1, -0.05) is 25.1 Å². The first kappa shape index (κ1) is 13.5. The molecule has 0 aliphatic rings. The van der Waals surface area contributed by atoms with E-state index in [0.717, 1.165) is 18.7 Å². The van der Waals surface area contributed by atoms with Crippen molar-refractivity contribution in [2.75, 3.05) is 0 Å². The second-order valence-corrected chi connectivity index (χ2v) is 5.26. The van der Waals surface area contributed by atoms with Gasteiger partial charge in [-0.25, -0.2) is 5.43 Å². The average molecular weight is 356 g/mol. The van der Waals surface area contributed by atoms with Crippen LogP contribution in [-0.2, 0) is 6.54 Å². The van der Waals surface area contributed by atoms with Crippen LogP contribution >= 0.6 is 22.6 Å². The Morgan fingerprint density at radius 3 is 2.83 bits per heavy atom. The Bertz CT molecular complexity index is 509. The third-order valence-electron chi connectivity index (χ3n) is 2.86. The third kappa shape index (κ3) is 2.73. The summed E-state index contributed by atoms with van der Waals surface area (Å²) in [6.45, 7) is 3.05. The molecule has 5 heteroatoms. The molecule has 1 aromatic carbocycles. The highest BCUT2D eigenvalue weighted by Crippen LogP contribution is 2.25. The molecule has 2 rings (SSSR count). The summed E-state index contributed by atoms with van der Waals surface area (Å²) >= 11 is 2.33. The molecular formula is C13H17IN4. The van der Waals surface area contributed by atoms with Gasteiger partial charge in [-0.3, -0.25) is 10.5 Å². The first-order valence-electron chi connectivity index (χ1n) is 6.00. The standard InChI is InChI=1S/C13H17IN4/c1-2-9-18-12(7-8-16-18)13(17-15)10-5-3-4-6-11(10)14/h3-8,13,17H,2,9,15H2,1H3. The smallest absolute Gasteiger partial charge is 0.0888 e. The highest BCUT2D eigenvalue weighted by Gasteiger charge is 2.18. The van der Waals surface area contributed by atoms with Crippen molar-refractivity contribution >= 4 is 22.6 Å². The lowest BCUT2D eigenvalue weighted by Crippen LogP contribution is -2.31. The SMILES string of the molecule is CCCn1nccc1C(NN)c1ccccc1I. The van der Waals surface area contributed by atoms with E-state index in [1.54, 1.807) is 0 Å². The van der Waals surface area contributed by atoms with Gasteiger partial charge in [0.25, 0.3) is 0 Å². The van der Waals surface area contributed by atoms with E-state index in [-0.39, 0.29) is 6.04 Å². The van der Waals surface area contributed by atoms with Crippen molar-refractivity contribution in [1.82, 2.24) is 15.2 Å². The fourth-order valence-electron chi connectivity index (χ4n) is 2.03. The van der Waals surface area contributed by atoms with Crippen molar-refractivity contribution in [3.05, 3.63) is 51.4 Å². The first-order valence-corrected chi connectivity index (χ1v) is 7.08. The van der Waals surface area contributed by atoms with E-state index >= 15 is 0 Å². The molecule has 0 fully saturated rings. The summed E-state index contributed by atoms with van der Waals surface area (Å²) in [5, 5.41) is 4.35. The highest BCUT2D eigenvalue weighted by atomic mass is 127. The molecule has 0 amide bonds. The van der Waals surface area contributed by atoms with E-state index in [4.69, 9.17) is 5.84 Å². The van der Waals surface area contributed by atoms with Gasteiger partial charge in [0.05, 0.1) is 11.7 Å². The normalized spacial score (nSPS) is 12.6. The number of hydrogen-bond donors (Lipinski definition) is 2. The molecule has 0 spiro atoms. The Morgan fingerprint density at radius 1 is 1.39 bits per heavy atom. The van der Waals surface area contributed by atoms with Crippen molar-refractivity contribution in [2.45, 2.75) is 25.9 Å². The van der Waals surface area contributed by atoms with Crippen LogP contribution in [0.15, 0.2) is 36.5 Å². The van der Waals surface area contributed by atoms with Crippen molar-refractivity contribution in [2.24, 2.45) is 5.84 Å². The maximum atomic E-state index is 5.74. The minimum Gasteiger partial charge on any atom is -0.271 e. The number of nitrogens with one attached hydrogen (secondary N) is 1. The van der Waals surface area contributed by atoms with Gasteiger partial charge in [0.1, 0.15) is 0 Å². The highest BCUT2D eigenvalue weighted by molar-refractivity contribution is 14.1. The number of hydrazine groups is 1. The molecule has 0 saturated carbocycles. The molecule has 0 bridgehead atoms. The van der Waals surface area contributed by atoms with Gasteiger partial charge in [-0.2, -0.15) is 5.10 Å². The number of aryl methyl sites for hydroxylation is 1. The van der Waals surface area contributed by atoms with Crippen LogP contribution in [0.1, 0.15) is 30.6 Å². The molecule has 1 aromatic heterocycles. The number of halogens is 1. The molecule has 2 aromatic rings. The number of rotatable bonds is 5. The zero-order chi connectivity index (χ0) is 13.0. The molecule has 3 N–H and O–H groups in total. The lowest BCUT2D eigenvalue weighted by atomic mass is 10.0. The molecule has 0 aliphatic heterocycles. The lowest BCUT2D eigenvalue weighted by molar-refractivity contribution is 0.520. The van der Waals surface area contributed by atoms with Gasteiger partial charge in [0, 0.05) is 16.3 Å². The van der Waals surface area contributed by atoms with Crippen LogP contribution in [0, 0.1) is 3.57 Å². The summed E-state index contributed by atoms with van der Waals surface area (Å²) < 4.78 is 3.20. The summed E-state index contributed by atoms with van der Waals surface area (Å²) in [6, 6.07) is 10.2. The fourth-order valence-corrected chi connectivity index (χ4v) is 2.73. The minimum absolute atomic E-state index is 0.0212.